The number of carbonyl (C=O) groups excluding carboxylic acids is 2. The number of hydrogen-bond acceptors (Lipinski definition) is 4. The van der Waals surface area contributed by atoms with E-state index >= 15 is 0 Å². The monoisotopic (exact) mass is 322 g/mol. The van der Waals surface area contributed by atoms with Gasteiger partial charge in [0, 0.05) is 31.4 Å². The van der Waals surface area contributed by atoms with Gasteiger partial charge in [0.05, 0.1) is 6.10 Å². The molecule has 0 amide bonds. The molecule has 0 aromatic rings. The highest BCUT2D eigenvalue weighted by molar-refractivity contribution is 5.85. The normalized spacial score (nSPS) is 25.2. The number of methoxy groups -OCH3 is 1. The van der Waals surface area contributed by atoms with Gasteiger partial charge in [0.15, 0.2) is 0 Å². The Kier molecular flexibility index (Phi) is 8.24. The van der Waals surface area contributed by atoms with Crippen molar-refractivity contribution in [1.82, 2.24) is 0 Å². The van der Waals surface area contributed by atoms with E-state index in [1.807, 2.05) is 32.9 Å². The molecular weight excluding hydrogens is 292 g/mol. The van der Waals surface area contributed by atoms with E-state index in [4.69, 9.17) is 9.47 Å². The maximum Gasteiger partial charge on any atom is 0.330 e. The predicted octanol–water partition coefficient (Wildman–Crippen LogP) is 3.71. The number of rotatable bonds is 9. The standard InChI is InChI=1S/C19H30O4/c1-6-8-9-13(3)19(22-5)14(4)16(20)12-17-15(7-2)10-11-18(21)23-17/h6,8,10-11,13-15,17,19H,7,9,12H2,1-5H3/b8-6+/t13-,14-,15+,17+,19+/m0/s1. The summed E-state index contributed by atoms with van der Waals surface area (Å²) in [5, 5.41) is 0. The van der Waals surface area contributed by atoms with Crippen LogP contribution in [-0.2, 0) is 19.1 Å². The van der Waals surface area contributed by atoms with Gasteiger partial charge in [0.1, 0.15) is 11.9 Å². The number of Topliss-reactive ketones (excluding diaryl/α,β-unsaturated/α-hetero) is 1. The zero-order chi connectivity index (χ0) is 17.4. The predicted molar refractivity (Wildman–Crippen MR) is 91.0 cm³/mol. The number of allylic oxidation sites excluding steroid dienone is 2. The van der Waals surface area contributed by atoms with Crippen LogP contribution in [-0.4, -0.2) is 31.1 Å². The Balaban J connectivity index is 2.70. The molecule has 1 heterocycles. The lowest BCUT2D eigenvalue weighted by Crippen LogP contribution is -2.37. The number of esters is 1. The molecule has 0 aromatic heterocycles. The Morgan fingerprint density at radius 1 is 1.43 bits per heavy atom. The minimum absolute atomic E-state index is 0.0933. The summed E-state index contributed by atoms with van der Waals surface area (Å²) in [5.74, 6) is -0.112. The molecule has 0 N–H and O–H groups in total. The fraction of sp³-hybridized carbons (Fsp3) is 0.684. The molecule has 0 saturated carbocycles. The molecule has 0 aromatic carbocycles. The third-order valence-corrected chi connectivity index (χ3v) is 4.68. The molecule has 4 heteroatoms. The zero-order valence-corrected chi connectivity index (χ0v) is 15.0. The van der Waals surface area contributed by atoms with Gasteiger partial charge in [-0.15, -0.1) is 0 Å². The van der Waals surface area contributed by atoms with Crippen LogP contribution >= 0.6 is 0 Å². The van der Waals surface area contributed by atoms with Crippen LogP contribution in [0.3, 0.4) is 0 Å². The second-order valence-electron chi connectivity index (χ2n) is 6.35. The van der Waals surface area contributed by atoms with Gasteiger partial charge in [-0.05, 0) is 25.7 Å². The Morgan fingerprint density at radius 3 is 2.70 bits per heavy atom. The molecule has 0 radical (unpaired) electrons. The number of ether oxygens (including phenoxy) is 2. The quantitative estimate of drug-likeness (QED) is 0.480. The van der Waals surface area contributed by atoms with Gasteiger partial charge < -0.3 is 9.47 Å². The van der Waals surface area contributed by atoms with Crippen LogP contribution in [0, 0.1) is 17.8 Å². The fourth-order valence-corrected chi connectivity index (χ4v) is 3.18. The van der Waals surface area contributed by atoms with E-state index in [2.05, 4.69) is 13.0 Å². The van der Waals surface area contributed by atoms with Crippen molar-refractivity contribution in [2.24, 2.45) is 17.8 Å². The molecule has 0 spiro atoms. The summed E-state index contributed by atoms with van der Waals surface area (Å²) in [6.45, 7) is 8.02. The lowest BCUT2D eigenvalue weighted by atomic mass is 9.84. The maximum atomic E-state index is 12.6. The number of cyclic esters (lactones) is 1. The first-order chi connectivity index (χ1) is 10.9. The van der Waals surface area contributed by atoms with Crippen molar-refractivity contribution < 1.29 is 19.1 Å². The molecule has 0 unspecified atom stereocenters. The van der Waals surface area contributed by atoms with Gasteiger partial charge in [-0.1, -0.05) is 39.0 Å². The second kappa shape index (κ2) is 9.66. The number of hydrogen-bond donors (Lipinski definition) is 0. The first-order valence-electron chi connectivity index (χ1n) is 8.50. The molecular formula is C19H30O4. The van der Waals surface area contributed by atoms with E-state index in [9.17, 15) is 9.59 Å². The molecule has 4 nitrogen and oxygen atoms in total. The Bertz CT molecular complexity index is 452. The van der Waals surface area contributed by atoms with Crippen molar-refractivity contribution >= 4 is 11.8 Å². The number of ketones is 1. The fourth-order valence-electron chi connectivity index (χ4n) is 3.18. The summed E-state index contributed by atoms with van der Waals surface area (Å²) in [6.07, 6.45) is 8.92. The van der Waals surface area contributed by atoms with E-state index in [-0.39, 0.29) is 48.1 Å². The Labute approximate surface area is 139 Å². The van der Waals surface area contributed by atoms with Crippen molar-refractivity contribution in [1.29, 1.82) is 0 Å². The van der Waals surface area contributed by atoms with Gasteiger partial charge in [-0.2, -0.15) is 0 Å². The highest BCUT2D eigenvalue weighted by Crippen LogP contribution is 2.26. The van der Waals surface area contributed by atoms with Crippen LogP contribution in [0.1, 0.15) is 47.0 Å². The van der Waals surface area contributed by atoms with E-state index < -0.39 is 0 Å². The molecule has 5 atom stereocenters. The summed E-state index contributed by atoms with van der Waals surface area (Å²) in [4.78, 5) is 24.1. The van der Waals surface area contributed by atoms with Crippen LogP contribution in [0.2, 0.25) is 0 Å². The van der Waals surface area contributed by atoms with Gasteiger partial charge >= 0.3 is 5.97 Å². The molecule has 0 saturated heterocycles. The molecule has 1 aliphatic heterocycles. The summed E-state index contributed by atoms with van der Waals surface area (Å²) in [7, 11) is 1.65. The van der Waals surface area contributed by atoms with Crippen LogP contribution < -0.4 is 0 Å². The minimum atomic E-state index is -0.357. The first-order valence-corrected chi connectivity index (χ1v) is 8.50. The first kappa shape index (κ1) is 19.6. The third-order valence-electron chi connectivity index (χ3n) is 4.68. The lowest BCUT2D eigenvalue weighted by Gasteiger charge is -2.30. The van der Waals surface area contributed by atoms with Crippen molar-refractivity contribution in [3.05, 3.63) is 24.3 Å². The van der Waals surface area contributed by atoms with E-state index in [0.717, 1.165) is 12.8 Å². The topological polar surface area (TPSA) is 52.6 Å². The van der Waals surface area contributed by atoms with Crippen LogP contribution in [0.5, 0.6) is 0 Å². The minimum Gasteiger partial charge on any atom is -0.458 e. The SMILES string of the molecule is C/C=C/C[C@H](C)[C@@H](OC)[C@@H](C)C(=O)C[C@H]1OC(=O)C=C[C@H]1CC. The van der Waals surface area contributed by atoms with E-state index in [1.54, 1.807) is 7.11 Å². The molecule has 0 fully saturated rings. The summed E-state index contributed by atoms with van der Waals surface area (Å²) in [5.41, 5.74) is 0. The highest BCUT2D eigenvalue weighted by Gasteiger charge is 2.33. The largest absolute Gasteiger partial charge is 0.458 e. The van der Waals surface area contributed by atoms with Crippen molar-refractivity contribution in [3.8, 4) is 0 Å². The van der Waals surface area contributed by atoms with Crippen LogP contribution in [0.15, 0.2) is 24.3 Å². The average molecular weight is 322 g/mol. The number of carbonyl (C=O) groups is 2. The highest BCUT2D eigenvalue weighted by atomic mass is 16.5. The third kappa shape index (κ3) is 5.61. The molecule has 23 heavy (non-hydrogen) atoms. The lowest BCUT2D eigenvalue weighted by molar-refractivity contribution is -0.149. The van der Waals surface area contributed by atoms with Gasteiger partial charge in [-0.25, -0.2) is 4.79 Å². The van der Waals surface area contributed by atoms with Crippen LogP contribution in [0.25, 0.3) is 0 Å². The van der Waals surface area contributed by atoms with Gasteiger partial charge in [0.25, 0.3) is 0 Å². The molecule has 130 valence electrons. The second-order valence-corrected chi connectivity index (χ2v) is 6.35. The van der Waals surface area contributed by atoms with Gasteiger partial charge in [0.2, 0.25) is 0 Å². The summed E-state index contributed by atoms with van der Waals surface area (Å²) in [6, 6.07) is 0. The van der Waals surface area contributed by atoms with E-state index in [0.29, 0.717) is 0 Å². The Morgan fingerprint density at radius 2 is 2.13 bits per heavy atom. The van der Waals surface area contributed by atoms with Crippen molar-refractivity contribution in [3.63, 3.8) is 0 Å². The molecule has 1 aliphatic rings. The summed E-state index contributed by atoms with van der Waals surface area (Å²) >= 11 is 0. The van der Waals surface area contributed by atoms with Crippen molar-refractivity contribution in [2.45, 2.75) is 59.2 Å². The molecule has 0 bridgehead atoms. The van der Waals surface area contributed by atoms with Crippen LogP contribution in [0.4, 0.5) is 0 Å². The Hall–Kier alpha value is -1.42. The smallest absolute Gasteiger partial charge is 0.330 e. The zero-order valence-electron chi connectivity index (χ0n) is 15.0. The molecule has 1 rings (SSSR count). The van der Waals surface area contributed by atoms with Gasteiger partial charge in [-0.3, -0.25) is 4.79 Å². The molecule has 0 aliphatic carbocycles. The summed E-state index contributed by atoms with van der Waals surface area (Å²) < 4.78 is 10.9. The van der Waals surface area contributed by atoms with E-state index in [1.165, 1.54) is 6.08 Å². The maximum absolute atomic E-state index is 12.6. The van der Waals surface area contributed by atoms with Crippen molar-refractivity contribution in [2.75, 3.05) is 7.11 Å². The average Bonchev–Trinajstić information content (AvgIpc) is 2.53.